The number of ether oxygens (including phenoxy) is 1. The molecule has 0 amide bonds. The van der Waals surface area contributed by atoms with Crippen LogP contribution in [0.2, 0.25) is 0 Å². The molecule has 5 heteroatoms. The van der Waals surface area contributed by atoms with Crippen molar-refractivity contribution in [2.24, 2.45) is 4.99 Å². The normalized spacial score (nSPS) is 13.1. The van der Waals surface area contributed by atoms with Crippen LogP contribution in [0.25, 0.3) is 0 Å². The van der Waals surface area contributed by atoms with Gasteiger partial charge in [-0.15, -0.1) is 0 Å². The number of rotatable bonds is 5. The van der Waals surface area contributed by atoms with Gasteiger partial charge in [0.05, 0.1) is 12.4 Å². The molecule has 1 aliphatic rings. The van der Waals surface area contributed by atoms with E-state index in [1.165, 1.54) is 0 Å². The first-order chi connectivity index (χ1) is 8.29. The fraction of sp³-hybridized carbons (Fsp3) is 0.333. The maximum atomic E-state index is 10.8. The highest BCUT2D eigenvalue weighted by Gasteiger charge is 2.17. The summed E-state index contributed by atoms with van der Waals surface area (Å²) in [5.74, 6) is 0.917. The minimum Gasteiger partial charge on any atom is -0.465 e. The third kappa shape index (κ3) is 3.31. The smallest absolute Gasteiger partial charge is 0.315 e. The van der Waals surface area contributed by atoms with Crippen LogP contribution < -0.4 is 5.32 Å². The zero-order valence-corrected chi connectivity index (χ0v) is 10.3. The van der Waals surface area contributed by atoms with Crippen LogP contribution in [0.15, 0.2) is 29.3 Å². The molecule has 90 valence electrons. The second-order valence-corrected chi connectivity index (χ2v) is 4.10. The molecule has 0 bridgehead atoms. The van der Waals surface area contributed by atoms with E-state index in [4.69, 9.17) is 4.74 Å². The van der Waals surface area contributed by atoms with Crippen LogP contribution in [0.4, 0.5) is 11.4 Å². The summed E-state index contributed by atoms with van der Waals surface area (Å²) in [6.45, 7) is 0.433. The second-order valence-electron chi connectivity index (χ2n) is 3.79. The first kappa shape index (κ1) is 12.1. The van der Waals surface area contributed by atoms with Crippen LogP contribution in [0.1, 0.15) is 12.8 Å². The SMILES string of the molecule is O=C(CS)OCCCC1=Nc2ccccc2[NH2+]1. The third-order valence-electron chi connectivity index (χ3n) is 2.49. The molecule has 0 saturated heterocycles. The number of aliphatic imine (C=N–C) groups is 1. The summed E-state index contributed by atoms with van der Waals surface area (Å²) in [5, 5.41) is 2.08. The predicted molar refractivity (Wildman–Crippen MR) is 69.2 cm³/mol. The van der Waals surface area contributed by atoms with Crippen LogP contribution >= 0.6 is 12.6 Å². The van der Waals surface area contributed by atoms with Crippen molar-refractivity contribution in [3.63, 3.8) is 0 Å². The molecule has 0 aromatic heterocycles. The van der Waals surface area contributed by atoms with Gasteiger partial charge in [0, 0.05) is 12.5 Å². The molecule has 0 fully saturated rings. The predicted octanol–water partition coefficient (Wildman–Crippen LogP) is 1.18. The number of benzene rings is 1. The number of nitrogens with two attached hydrogens (primary N) is 1. The Hall–Kier alpha value is -1.33. The number of hydrogen-bond acceptors (Lipinski definition) is 4. The maximum absolute atomic E-state index is 10.8. The van der Waals surface area contributed by atoms with Crippen molar-refractivity contribution < 1.29 is 14.8 Å². The van der Waals surface area contributed by atoms with Crippen molar-refractivity contribution in [3.05, 3.63) is 24.3 Å². The topological polar surface area (TPSA) is 55.3 Å². The van der Waals surface area contributed by atoms with Gasteiger partial charge in [0.25, 0.3) is 0 Å². The minimum atomic E-state index is -0.269. The molecule has 1 heterocycles. The Balaban J connectivity index is 1.74. The van der Waals surface area contributed by atoms with Gasteiger partial charge >= 0.3 is 5.97 Å². The number of fused-ring (bicyclic) bond motifs is 1. The number of nitrogens with zero attached hydrogens (tertiary/aromatic N) is 1. The number of carbonyl (C=O) groups is 1. The zero-order valence-electron chi connectivity index (χ0n) is 9.43. The number of esters is 1. The average molecular weight is 251 g/mol. The summed E-state index contributed by atoms with van der Waals surface area (Å²) in [7, 11) is 0. The highest BCUT2D eigenvalue weighted by atomic mass is 32.1. The van der Waals surface area contributed by atoms with Gasteiger partial charge < -0.3 is 4.74 Å². The van der Waals surface area contributed by atoms with E-state index in [-0.39, 0.29) is 11.7 Å². The van der Waals surface area contributed by atoms with E-state index in [0.717, 1.165) is 30.1 Å². The monoisotopic (exact) mass is 251 g/mol. The van der Waals surface area contributed by atoms with Crippen LogP contribution in [0, 0.1) is 0 Å². The summed E-state index contributed by atoms with van der Waals surface area (Å²) in [6, 6.07) is 8.03. The molecule has 0 atom stereocenters. The Labute approximate surface area is 105 Å². The highest BCUT2D eigenvalue weighted by Crippen LogP contribution is 2.23. The van der Waals surface area contributed by atoms with Crippen LogP contribution in [-0.4, -0.2) is 24.2 Å². The second kappa shape index (κ2) is 5.84. The van der Waals surface area contributed by atoms with Gasteiger partial charge in [0.2, 0.25) is 5.84 Å². The molecule has 0 radical (unpaired) electrons. The summed E-state index contributed by atoms with van der Waals surface area (Å²) >= 11 is 3.83. The van der Waals surface area contributed by atoms with Crippen molar-refractivity contribution in [1.82, 2.24) is 0 Å². The zero-order chi connectivity index (χ0) is 12.1. The van der Waals surface area contributed by atoms with E-state index in [2.05, 4.69) is 22.9 Å². The van der Waals surface area contributed by atoms with Gasteiger partial charge in [-0.2, -0.15) is 17.6 Å². The molecule has 17 heavy (non-hydrogen) atoms. The molecule has 0 unspecified atom stereocenters. The molecule has 0 aliphatic carbocycles. The fourth-order valence-corrected chi connectivity index (χ4v) is 1.78. The first-order valence-corrected chi connectivity index (χ1v) is 6.20. The standard InChI is InChI=1S/C12H14N2O2S/c15-12(8-17)16-7-3-6-11-13-9-4-1-2-5-10(9)14-11/h1-2,4-5,17H,3,6-8H2,(H,13,14)/p+1. The lowest BCUT2D eigenvalue weighted by Gasteiger charge is -2.01. The van der Waals surface area contributed by atoms with Gasteiger partial charge in [-0.3, -0.25) is 10.1 Å². The Kier molecular flexibility index (Phi) is 4.17. The largest absolute Gasteiger partial charge is 0.465 e. The lowest BCUT2D eigenvalue weighted by Crippen LogP contribution is -2.80. The molecule has 1 aliphatic heterocycles. The van der Waals surface area contributed by atoms with E-state index >= 15 is 0 Å². The van der Waals surface area contributed by atoms with E-state index in [9.17, 15) is 4.79 Å². The van der Waals surface area contributed by atoms with Crippen molar-refractivity contribution in [1.29, 1.82) is 0 Å². The molecular weight excluding hydrogens is 236 g/mol. The van der Waals surface area contributed by atoms with E-state index < -0.39 is 0 Å². The molecule has 0 spiro atoms. The van der Waals surface area contributed by atoms with Crippen LogP contribution in [-0.2, 0) is 9.53 Å². The molecule has 0 saturated carbocycles. The fourth-order valence-electron chi connectivity index (χ4n) is 1.69. The molecule has 2 rings (SSSR count). The molecule has 2 N–H and O–H groups in total. The summed E-state index contributed by atoms with van der Waals surface area (Å²) < 4.78 is 4.94. The number of carbonyl (C=O) groups excluding carboxylic acids is 1. The number of quaternary nitrogens is 1. The molecule has 1 aromatic rings. The molecule has 4 nitrogen and oxygen atoms in total. The summed E-state index contributed by atoms with van der Waals surface area (Å²) in [6.07, 6.45) is 1.62. The average Bonchev–Trinajstić information content (AvgIpc) is 2.76. The lowest BCUT2D eigenvalue weighted by atomic mass is 10.3. The van der Waals surface area contributed by atoms with Gasteiger partial charge in [-0.25, -0.2) is 0 Å². The quantitative estimate of drug-likeness (QED) is 0.357. The van der Waals surface area contributed by atoms with E-state index in [0.29, 0.717) is 6.61 Å². The van der Waals surface area contributed by atoms with Crippen molar-refractivity contribution in [2.75, 3.05) is 12.4 Å². The number of amidine groups is 1. The number of thiol groups is 1. The van der Waals surface area contributed by atoms with Crippen LogP contribution in [0.5, 0.6) is 0 Å². The Bertz CT molecular complexity index is 446. The van der Waals surface area contributed by atoms with E-state index in [1.807, 2.05) is 24.3 Å². The van der Waals surface area contributed by atoms with Crippen molar-refractivity contribution in [2.45, 2.75) is 12.8 Å². The van der Waals surface area contributed by atoms with Crippen molar-refractivity contribution in [3.8, 4) is 0 Å². The van der Waals surface area contributed by atoms with Gasteiger partial charge in [-0.1, -0.05) is 12.1 Å². The van der Waals surface area contributed by atoms with Crippen molar-refractivity contribution >= 4 is 35.8 Å². The van der Waals surface area contributed by atoms with Crippen LogP contribution in [0.3, 0.4) is 0 Å². The maximum Gasteiger partial charge on any atom is 0.315 e. The first-order valence-electron chi connectivity index (χ1n) is 5.57. The minimum absolute atomic E-state index is 0.137. The Morgan fingerprint density at radius 2 is 2.24 bits per heavy atom. The van der Waals surface area contributed by atoms with Gasteiger partial charge in [0.1, 0.15) is 5.69 Å². The Morgan fingerprint density at radius 1 is 1.41 bits per heavy atom. The highest BCUT2D eigenvalue weighted by molar-refractivity contribution is 7.81. The molecule has 1 aromatic carbocycles. The molecular formula is C12H15N2O2S+. The van der Waals surface area contributed by atoms with E-state index in [1.54, 1.807) is 0 Å². The number of hydrogen-bond donors (Lipinski definition) is 2. The van der Waals surface area contributed by atoms with Gasteiger partial charge in [0.15, 0.2) is 5.69 Å². The summed E-state index contributed by atoms with van der Waals surface area (Å²) in [5.41, 5.74) is 2.18. The Morgan fingerprint density at radius 3 is 3.00 bits per heavy atom. The lowest BCUT2D eigenvalue weighted by molar-refractivity contribution is -0.441. The third-order valence-corrected chi connectivity index (χ3v) is 2.75. The van der Waals surface area contributed by atoms with Gasteiger partial charge in [-0.05, 0) is 12.5 Å². The summed E-state index contributed by atoms with van der Waals surface area (Å²) in [4.78, 5) is 15.3. The number of para-hydroxylation sites is 2.